The molecule has 0 radical (unpaired) electrons. The van der Waals surface area contributed by atoms with Gasteiger partial charge >= 0.3 is 5.97 Å². The zero-order valence-corrected chi connectivity index (χ0v) is 17.2. The van der Waals surface area contributed by atoms with Crippen LogP contribution in [0.15, 0.2) is 45.9 Å². The number of furan rings is 1. The number of carbonyl (C=O) groups excluding carboxylic acids is 2. The molecule has 0 aliphatic heterocycles. The Kier molecular flexibility index (Phi) is 7.88. The molecule has 2 aromatic rings. The Morgan fingerprint density at radius 3 is 2.46 bits per heavy atom. The zero-order chi connectivity index (χ0) is 20.7. The van der Waals surface area contributed by atoms with Crippen LogP contribution in [-0.4, -0.2) is 45.4 Å². The van der Waals surface area contributed by atoms with E-state index < -0.39 is 28.5 Å². The van der Waals surface area contributed by atoms with Crippen LogP contribution >= 0.6 is 23.2 Å². The summed E-state index contributed by atoms with van der Waals surface area (Å²) in [6, 6.07) is 7.71. The number of hydrogen-bond donors (Lipinski definition) is 1. The zero-order valence-electron chi connectivity index (χ0n) is 14.9. The maximum absolute atomic E-state index is 12.3. The van der Waals surface area contributed by atoms with E-state index in [0.29, 0.717) is 5.76 Å². The highest BCUT2D eigenvalue weighted by Gasteiger charge is 2.21. The first-order valence-electron chi connectivity index (χ1n) is 8.06. The van der Waals surface area contributed by atoms with Crippen LogP contribution in [0.4, 0.5) is 0 Å². The molecule has 152 valence electrons. The van der Waals surface area contributed by atoms with Crippen LogP contribution < -0.4 is 4.72 Å². The number of carbonyl (C=O) groups is 2. The molecular weight excluding hydrogens is 431 g/mol. The van der Waals surface area contributed by atoms with Gasteiger partial charge in [-0.05, 0) is 24.3 Å². The van der Waals surface area contributed by atoms with Crippen LogP contribution in [0.25, 0.3) is 0 Å². The summed E-state index contributed by atoms with van der Waals surface area (Å²) >= 11 is 11.8. The van der Waals surface area contributed by atoms with E-state index in [1.54, 1.807) is 19.2 Å². The topological polar surface area (TPSA) is 106 Å². The molecule has 0 unspecified atom stereocenters. The van der Waals surface area contributed by atoms with Crippen molar-refractivity contribution in [2.45, 2.75) is 17.9 Å². The average molecular weight is 449 g/mol. The summed E-state index contributed by atoms with van der Waals surface area (Å²) in [7, 11) is -2.46. The summed E-state index contributed by atoms with van der Waals surface area (Å²) in [5.74, 6) is -0.560. The Morgan fingerprint density at radius 1 is 1.18 bits per heavy atom. The minimum atomic E-state index is -4.00. The molecule has 0 aliphatic rings. The van der Waals surface area contributed by atoms with Crippen molar-refractivity contribution in [3.63, 3.8) is 0 Å². The van der Waals surface area contributed by atoms with Gasteiger partial charge in [-0.1, -0.05) is 29.3 Å². The van der Waals surface area contributed by atoms with Crippen LogP contribution in [0.2, 0.25) is 10.0 Å². The molecule has 0 bridgehead atoms. The number of hydrogen-bond acceptors (Lipinski definition) is 6. The van der Waals surface area contributed by atoms with Crippen molar-refractivity contribution in [2.24, 2.45) is 0 Å². The van der Waals surface area contributed by atoms with Crippen molar-refractivity contribution >= 4 is 45.1 Å². The minimum absolute atomic E-state index is 0.0345. The van der Waals surface area contributed by atoms with Crippen LogP contribution in [0.1, 0.15) is 12.2 Å². The molecule has 0 fully saturated rings. The number of ether oxygens (including phenoxy) is 1. The number of esters is 1. The van der Waals surface area contributed by atoms with Crippen molar-refractivity contribution in [1.29, 1.82) is 0 Å². The number of rotatable bonds is 9. The van der Waals surface area contributed by atoms with E-state index >= 15 is 0 Å². The quantitative estimate of drug-likeness (QED) is 0.590. The van der Waals surface area contributed by atoms with Gasteiger partial charge in [0.15, 0.2) is 6.61 Å². The van der Waals surface area contributed by atoms with E-state index in [1.165, 1.54) is 29.4 Å². The van der Waals surface area contributed by atoms with Crippen LogP contribution in [0.3, 0.4) is 0 Å². The lowest BCUT2D eigenvalue weighted by Gasteiger charge is -2.15. The standard InChI is InChI=1S/C17H18Cl2N2O6S/c1-21(10-12-4-3-9-26-12)15(22)11-27-16(23)7-8-20-28(24,25)17-13(18)5-2-6-14(17)19/h2-6,9,20H,7-8,10-11H2,1H3. The second-order valence-corrected chi connectivity index (χ2v) is 8.21. The van der Waals surface area contributed by atoms with Gasteiger partial charge in [0.05, 0.1) is 29.3 Å². The Labute approximate surface area is 172 Å². The highest BCUT2D eigenvalue weighted by atomic mass is 35.5. The third kappa shape index (κ3) is 6.23. The first-order chi connectivity index (χ1) is 13.2. The third-order valence-corrected chi connectivity index (χ3v) is 5.98. The first kappa shape index (κ1) is 22.2. The lowest BCUT2D eigenvalue weighted by molar-refractivity contribution is -0.151. The summed E-state index contributed by atoms with van der Waals surface area (Å²) < 4.78 is 36.7. The summed E-state index contributed by atoms with van der Waals surface area (Å²) in [6.45, 7) is -0.458. The molecule has 0 saturated carbocycles. The van der Waals surface area contributed by atoms with Gasteiger partial charge in [0.25, 0.3) is 5.91 Å². The van der Waals surface area contributed by atoms with E-state index in [1.807, 2.05) is 0 Å². The molecule has 0 atom stereocenters. The largest absolute Gasteiger partial charge is 0.467 e. The van der Waals surface area contributed by atoms with Gasteiger partial charge < -0.3 is 14.1 Å². The molecule has 1 aromatic heterocycles. The third-order valence-electron chi connectivity index (χ3n) is 3.56. The summed E-state index contributed by atoms with van der Waals surface area (Å²) in [4.78, 5) is 24.8. The van der Waals surface area contributed by atoms with Crippen LogP contribution in [0.5, 0.6) is 0 Å². The number of halogens is 2. The fourth-order valence-corrected chi connectivity index (χ4v) is 4.32. The molecule has 1 N–H and O–H groups in total. The van der Waals surface area contributed by atoms with Gasteiger partial charge in [-0.3, -0.25) is 9.59 Å². The van der Waals surface area contributed by atoms with Gasteiger partial charge in [0.1, 0.15) is 10.7 Å². The number of nitrogens with one attached hydrogen (secondary N) is 1. The Bertz CT molecular complexity index is 911. The molecule has 0 aliphatic carbocycles. The molecule has 1 aromatic carbocycles. The second-order valence-electron chi connectivity index (χ2n) is 5.69. The maximum Gasteiger partial charge on any atom is 0.307 e. The van der Waals surface area contributed by atoms with Crippen molar-refractivity contribution in [3.8, 4) is 0 Å². The maximum atomic E-state index is 12.3. The van der Waals surface area contributed by atoms with Crippen LogP contribution in [0, 0.1) is 0 Å². The van der Waals surface area contributed by atoms with Crippen molar-refractivity contribution < 1.29 is 27.2 Å². The summed E-state index contributed by atoms with van der Waals surface area (Å²) in [6.07, 6.45) is 1.22. The van der Waals surface area contributed by atoms with Crippen molar-refractivity contribution in [1.82, 2.24) is 9.62 Å². The minimum Gasteiger partial charge on any atom is -0.467 e. The molecule has 0 saturated heterocycles. The predicted molar refractivity (Wildman–Crippen MR) is 102 cm³/mol. The number of nitrogens with zero attached hydrogens (tertiary/aromatic N) is 1. The van der Waals surface area contributed by atoms with Crippen LogP contribution in [-0.2, 0) is 30.9 Å². The smallest absolute Gasteiger partial charge is 0.307 e. The number of benzene rings is 1. The van der Waals surface area contributed by atoms with Crippen molar-refractivity contribution in [3.05, 3.63) is 52.4 Å². The SMILES string of the molecule is CN(Cc1ccco1)C(=O)COC(=O)CCNS(=O)(=O)c1c(Cl)cccc1Cl. The second kappa shape index (κ2) is 9.92. The highest BCUT2D eigenvalue weighted by molar-refractivity contribution is 7.89. The van der Waals surface area contributed by atoms with E-state index in [-0.39, 0.29) is 34.5 Å². The van der Waals surface area contributed by atoms with Gasteiger partial charge in [-0.2, -0.15) is 0 Å². The molecule has 1 amide bonds. The van der Waals surface area contributed by atoms with E-state index in [0.717, 1.165) is 0 Å². The number of sulfonamides is 1. The lowest BCUT2D eigenvalue weighted by Crippen LogP contribution is -2.31. The van der Waals surface area contributed by atoms with E-state index in [4.69, 9.17) is 32.4 Å². The van der Waals surface area contributed by atoms with Gasteiger partial charge in [-0.25, -0.2) is 13.1 Å². The molecule has 2 rings (SSSR count). The lowest BCUT2D eigenvalue weighted by atomic mass is 10.4. The van der Waals surface area contributed by atoms with E-state index in [9.17, 15) is 18.0 Å². The molecule has 8 nitrogen and oxygen atoms in total. The van der Waals surface area contributed by atoms with E-state index in [2.05, 4.69) is 4.72 Å². The molecule has 1 heterocycles. The van der Waals surface area contributed by atoms with Gasteiger partial charge in [0.2, 0.25) is 10.0 Å². The molecular formula is C17H18Cl2N2O6S. The normalized spacial score (nSPS) is 11.2. The first-order valence-corrected chi connectivity index (χ1v) is 10.3. The Hall–Kier alpha value is -2.07. The molecule has 0 spiro atoms. The number of likely N-dealkylation sites (N-methyl/N-ethyl adjacent to an activating group) is 1. The fraction of sp³-hybridized carbons (Fsp3) is 0.294. The average Bonchev–Trinajstić information content (AvgIpc) is 3.12. The number of amides is 1. The molecule has 11 heteroatoms. The fourth-order valence-electron chi connectivity index (χ4n) is 2.15. The van der Waals surface area contributed by atoms with Gasteiger partial charge in [0, 0.05) is 13.6 Å². The Morgan fingerprint density at radius 2 is 1.86 bits per heavy atom. The van der Waals surface area contributed by atoms with Gasteiger partial charge in [-0.15, -0.1) is 0 Å². The summed E-state index contributed by atoms with van der Waals surface area (Å²) in [5.41, 5.74) is 0. The molecule has 28 heavy (non-hydrogen) atoms. The highest BCUT2D eigenvalue weighted by Crippen LogP contribution is 2.28. The van der Waals surface area contributed by atoms with Crippen molar-refractivity contribution in [2.75, 3.05) is 20.2 Å². The summed E-state index contributed by atoms with van der Waals surface area (Å²) in [5, 5.41) is -0.0689. The Balaban J connectivity index is 1.77. The predicted octanol–water partition coefficient (Wildman–Crippen LogP) is 2.46. The monoisotopic (exact) mass is 448 g/mol.